The van der Waals surface area contributed by atoms with Gasteiger partial charge in [0.2, 0.25) is 0 Å². The molecule has 0 aromatic rings. The number of rotatable bonds is 10. The minimum absolute atomic E-state index is 0. The van der Waals surface area contributed by atoms with Crippen molar-refractivity contribution in [1.29, 1.82) is 0 Å². The number of unbranched alkanes of at least 4 members (excludes halogenated alkanes) is 10. The molecule has 0 atom stereocenters. The molecule has 0 unspecified atom stereocenters. The molecular weight excluding hydrogens is 336 g/mol. The van der Waals surface area contributed by atoms with E-state index in [9.17, 15) is 0 Å². The third-order valence-corrected chi connectivity index (χ3v) is 2.71. The van der Waals surface area contributed by atoms with Crippen molar-refractivity contribution in [1.82, 2.24) is 0 Å². The van der Waals surface area contributed by atoms with Crippen molar-refractivity contribution in [3.63, 3.8) is 0 Å². The average molecular weight is 370 g/mol. The van der Waals surface area contributed by atoms with Gasteiger partial charge in [0.05, 0.1) is 0 Å². The Morgan fingerprint density at radius 3 is 0.905 bits per heavy atom. The van der Waals surface area contributed by atoms with Crippen molar-refractivity contribution < 1.29 is 59.9 Å². The molecule has 0 spiro atoms. The Balaban J connectivity index is -0.0000000302. The van der Waals surface area contributed by atoms with Gasteiger partial charge in [-0.05, 0) is 0 Å². The second-order valence-corrected chi connectivity index (χ2v) is 4.54. The van der Waals surface area contributed by atoms with E-state index in [4.69, 9.17) is 0 Å². The van der Waals surface area contributed by atoms with E-state index in [1.54, 1.807) is 0 Å². The fraction of sp³-hybridized carbons (Fsp3) is 0.875. The maximum Gasteiger partial charge on any atom is 4.00 e. The van der Waals surface area contributed by atoms with Gasteiger partial charge in [0.15, 0.2) is 0 Å². The Hall–Kier alpha value is 1.31. The molecule has 5 heteroatoms. The molecule has 124 valence electrons. The van der Waals surface area contributed by atoms with Crippen molar-refractivity contribution in [2.75, 3.05) is 0 Å². The van der Waals surface area contributed by atoms with Gasteiger partial charge in [0, 0.05) is 0 Å². The minimum atomic E-state index is 0. The van der Waals surface area contributed by atoms with E-state index in [2.05, 4.69) is 27.7 Å². The van der Waals surface area contributed by atoms with E-state index in [1.165, 1.54) is 64.2 Å². The molecular formula is C16H34O3Ti2. The predicted molar refractivity (Wildman–Crippen MR) is 79.5 cm³/mol. The van der Waals surface area contributed by atoms with Gasteiger partial charge in [-0.1, -0.05) is 78.1 Å². The van der Waals surface area contributed by atoms with Crippen LogP contribution in [-0.2, 0) is 59.9 Å². The third-order valence-electron chi connectivity index (χ3n) is 2.71. The van der Waals surface area contributed by atoms with Gasteiger partial charge in [-0.2, -0.15) is 12.8 Å². The molecule has 0 aliphatic carbocycles. The first-order chi connectivity index (χ1) is 7.83. The van der Waals surface area contributed by atoms with Crippen LogP contribution in [0.4, 0.5) is 0 Å². The minimum Gasteiger partial charge on any atom is -2.00 e. The summed E-state index contributed by atoms with van der Waals surface area (Å²) in [5.74, 6) is 0. The van der Waals surface area contributed by atoms with Crippen LogP contribution in [0.15, 0.2) is 0 Å². The second-order valence-electron chi connectivity index (χ2n) is 4.54. The molecule has 0 aliphatic rings. The summed E-state index contributed by atoms with van der Waals surface area (Å²) in [5, 5.41) is 0. The van der Waals surface area contributed by atoms with Crippen LogP contribution in [0.1, 0.15) is 90.9 Å². The summed E-state index contributed by atoms with van der Waals surface area (Å²) in [5.41, 5.74) is 0. The average Bonchev–Trinajstić information content (AvgIpc) is 2.31. The first-order valence-electron chi connectivity index (χ1n) is 7.41. The SMILES string of the molecule is [CH2-]CCCCCCC.[CH2-]CCCCCCC.[O-2].[O-2].[O-2].[Ti+4].[Ti+4]. The van der Waals surface area contributed by atoms with E-state index in [1.807, 2.05) is 0 Å². The van der Waals surface area contributed by atoms with Crippen LogP contribution < -0.4 is 0 Å². The Morgan fingerprint density at radius 1 is 0.476 bits per heavy atom. The van der Waals surface area contributed by atoms with Gasteiger partial charge < -0.3 is 30.3 Å². The summed E-state index contributed by atoms with van der Waals surface area (Å²) in [6.07, 6.45) is 16.0. The Kier molecular flexibility index (Phi) is 102. The van der Waals surface area contributed by atoms with Crippen LogP contribution in [0.2, 0.25) is 0 Å². The second kappa shape index (κ2) is 49.6. The molecule has 0 bridgehead atoms. The van der Waals surface area contributed by atoms with E-state index in [0.29, 0.717) is 0 Å². The Labute approximate surface area is 164 Å². The van der Waals surface area contributed by atoms with Crippen molar-refractivity contribution in [3.05, 3.63) is 13.8 Å². The summed E-state index contributed by atoms with van der Waals surface area (Å²) in [4.78, 5) is 0. The van der Waals surface area contributed by atoms with Crippen molar-refractivity contribution >= 4 is 0 Å². The van der Waals surface area contributed by atoms with Gasteiger partial charge in [-0.25, -0.2) is 0 Å². The zero-order valence-electron chi connectivity index (χ0n) is 14.1. The zero-order chi connectivity index (χ0) is 12.5. The van der Waals surface area contributed by atoms with Crippen LogP contribution in [-0.4, -0.2) is 0 Å². The molecule has 0 saturated carbocycles. The fourth-order valence-corrected chi connectivity index (χ4v) is 1.56. The number of hydrogen-bond donors (Lipinski definition) is 0. The fourth-order valence-electron chi connectivity index (χ4n) is 1.56. The van der Waals surface area contributed by atoms with Crippen LogP contribution in [0.5, 0.6) is 0 Å². The molecule has 3 nitrogen and oxygen atoms in total. The molecule has 0 saturated heterocycles. The monoisotopic (exact) mass is 370 g/mol. The summed E-state index contributed by atoms with van der Waals surface area (Å²) in [6.45, 7) is 12.0. The molecule has 0 amide bonds. The van der Waals surface area contributed by atoms with Crippen LogP contribution >= 0.6 is 0 Å². The van der Waals surface area contributed by atoms with Gasteiger partial charge >= 0.3 is 43.4 Å². The first-order valence-corrected chi connectivity index (χ1v) is 7.41. The molecule has 0 aromatic heterocycles. The summed E-state index contributed by atoms with van der Waals surface area (Å²) in [7, 11) is 0. The maximum atomic E-state index is 3.78. The van der Waals surface area contributed by atoms with Crippen LogP contribution in [0.3, 0.4) is 0 Å². The van der Waals surface area contributed by atoms with E-state index < -0.39 is 0 Å². The van der Waals surface area contributed by atoms with Gasteiger partial charge in [0.1, 0.15) is 0 Å². The van der Waals surface area contributed by atoms with Crippen molar-refractivity contribution in [3.8, 4) is 0 Å². The standard InChI is InChI=1S/2C8H17.3O.2Ti/c2*1-3-5-7-8-6-4-2;;;;;/h2*1,3-8H2,2H3;;;;;/q2*-1;3*-2;2*+4. The largest absolute Gasteiger partial charge is 4.00 e. The summed E-state index contributed by atoms with van der Waals surface area (Å²) >= 11 is 0. The first kappa shape index (κ1) is 43.2. The molecule has 0 rings (SSSR count). The van der Waals surface area contributed by atoms with Crippen LogP contribution in [0, 0.1) is 13.8 Å². The van der Waals surface area contributed by atoms with E-state index in [-0.39, 0.29) is 59.9 Å². The molecule has 0 aliphatic heterocycles. The molecule has 0 radical (unpaired) electrons. The number of hydrogen-bond acceptors (Lipinski definition) is 0. The van der Waals surface area contributed by atoms with Gasteiger partial charge in [0.25, 0.3) is 0 Å². The van der Waals surface area contributed by atoms with Crippen molar-refractivity contribution in [2.45, 2.75) is 90.9 Å². The normalized spacial score (nSPS) is 7.43. The third kappa shape index (κ3) is 62.1. The summed E-state index contributed by atoms with van der Waals surface area (Å²) < 4.78 is 0. The molecule has 0 heterocycles. The molecule has 0 aromatic carbocycles. The molecule has 0 fully saturated rings. The van der Waals surface area contributed by atoms with Gasteiger partial charge in [-0.15, -0.1) is 0 Å². The topological polar surface area (TPSA) is 85.5 Å². The Morgan fingerprint density at radius 2 is 0.714 bits per heavy atom. The van der Waals surface area contributed by atoms with E-state index >= 15 is 0 Å². The predicted octanol–water partition coefficient (Wildman–Crippen LogP) is 6.00. The van der Waals surface area contributed by atoms with Crippen LogP contribution in [0.25, 0.3) is 0 Å². The zero-order valence-corrected chi connectivity index (χ0v) is 17.2. The molecule has 0 N–H and O–H groups in total. The Bertz CT molecular complexity index is 83.5. The van der Waals surface area contributed by atoms with Crippen molar-refractivity contribution in [2.24, 2.45) is 0 Å². The van der Waals surface area contributed by atoms with E-state index in [0.717, 1.165) is 12.8 Å². The summed E-state index contributed by atoms with van der Waals surface area (Å²) in [6, 6.07) is 0. The quantitative estimate of drug-likeness (QED) is 0.257. The smallest absolute Gasteiger partial charge is 2.00 e. The van der Waals surface area contributed by atoms with Gasteiger partial charge in [-0.3, -0.25) is 0 Å². The molecule has 21 heavy (non-hydrogen) atoms. The maximum absolute atomic E-state index is 3.78.